The summed E-state index contributed by atoms with van der Waals surface area (Å²) in [7, 11) is 0. The van der Waals surface area contributed by atoms with Gasteiger partial charge in [0.25, 0.3) is 23.6 Å². The van der Waals surface area contributed by atoms with Crippen molar-refractivity contribution in [2.24, 2.45) is 5.92 Å². The Morgan fingerprint density at radius 2 is 0.973 bits per heavy atom. The molecule has 1 unspecified atom stereocenters. The molecule has 74 heavy (non-hydrogen) atoms. The fourth-order valence-electron chi connectivity index (χ4n) is 10.3. The maximum atomic E-state index is 14.8. The maximum absolute atomic E-state index is 14.8. The summed E-state index contributed by atoms with van der Waals surface area (Å²) in [6.45, 7) is 16.7. The maximum Gasteiger partial charge on any atom is 0.333 e. The molecule has 0 saturated carbocycles. The lowest BCUT2D eigenvalue weighted by Gasteiger charge is -2.36. The summed E-state index contributed by atoms with van der Waals surface area (Å²) in [4.78, 5) is 112. The van der Waals surface area contributed by atoms with Crippen molar-refractivity contribution in [3.05, 3.63) is 93.0 Å². The normalized spacial score (nSPS) is 13.9. The Morgan fingerprint density at radius 1 is 0.541 bits per heavy atom. The zero-order chi connectivity index (χ0) is 53.7. The SMILES string of the molecule is C=C(C)C(=O)OCC(COC(=O)C(=C)C)OC(=O)CCC(=O)OCC(CC(C)C)N1C(=O)c2ccc3c4c(Cl)cc5c6c(ccc(c7c(Cl)cc(c2c37)C1=O)c64)C(=O)N(C(CCCCCC)CCCCCC)C5=O. The number of hydrogen-bond acceptors (Lipinski definition) is 12. The first kappa shape index (κ1) is 55.4. The molecule has 0 spiro atoms. The van der Waals surface area contributed by atoms with Crippen molar-refractivity contribution in [1.29, 1.82) is 0 Å². The largest absolute Gasteiger partial charge is 0.463 e. The Labute approximate surface area is 440 Å². The van der Waals surface area contributed by atoms with Gasteiger partial charge in [-0.3, -0.25) is 38.6 Å². The molecule has 5 aromatic rings. The van der Waals surface area contributed by atoms with E-state index < -0.39 is 73.9 Å². The highest BCUT2D eigenvalue weighted by atomic mass is 35.5. The summed E-state index contributed by atoms with van der Waals surface area (Å²) in [6, 6.07) is 8.94. The van der Waals surface area contributed by atoms with Crippen molar-refractivity contribution in [1.82, 2.24) is 9.80 Å². The topological polar surface area (TPSA) is 180 Å². The Kier molecular flexibility index (Phi) is 17.9. The van der Waals surface area contributed by atoms with Gasteiger partial charge < -0.3 is 18.9 Å². The third kappa shape index (κ3) is 11.3. The molecule has 1 atom stereocenters. The van der Waals surface area contributed by atoms with Gasteiger partial charge in [-0.05, 0) is 74.1 Å². The number of nitrogens with zero attached hydrogens (tertiary/aromatic N) is 2. The summed E-state index contributed by atoms with van der Waals surface area (Å²) in [5.41, 5.74) is 1.31. The number of imide groups is 2. The molecule has 5 aromatic carbocycles. The molecular weight excluding hydrogens is 988 g/mol. The second kappa shape index (κ2) is 23.9. The Bertz CT molecular complexity index is 3060. The predicted molar refractivity (Wildman–Crippen MR) is 285 cm³/mol. The van der Waals surface area contributed by atoms with Crippen LogP contribution in [0.3, 0.4) is 0 Å². The summed E-state index contributed by atoms with van der Waals surface area (Å²) in [6.07, 6.45) is 7.76. The lowest BCUT2D eigenvalue weighted by molar-refractivity contribution is -0.165. The lowest BCUT2D eigenvalue weighted by atomic mass is 9.81. The van der Waals surface area contributed by atoms with E-state index in [1.165, 1.54) is 24.8 Å². The second-order valence-corrected chi connectivity index (χ2v) is 20.8. The Morgan fingerprint density at radius 3 is 1.41 bits per heavy atom. The number of ether oxygens (including phenoxy) is 4. The number of rotatable bonds is 26. The number of carbonyl (C=O) groups excluding carboxylic acids is 8. The highest BCUT2D eigenvalue weighted by Gasteiger charge is 2.42. The Balaban J connectivity index is 1.16. The minimum atomic E-state index is -1.20. The first-order chi connectivity index (χ1) is 35.3. The average Bonchev–Trinajstić information content (AvgIpc) is 3.36. The number of halogens is 2. The zero-order valence-electron chi connectivity index (χ0n) is 43.1. The van der Waals surface area contributed by atoms with Crippen LogP contribution in [0.15, 0.2) is 60.7 Å². The fourth-order valence-corrected chi connectivity index (χ4v) is 10.9. The Hall–Kier alpha value is -6.38. The van der Waals surface area contributed by atoms with Gasteiger partial charge in [0.1, 0.15) is 19.8 Å². The van der Waals surface area contributed by atoms with E-state index in [1.54, 1.807) is 24.3 Å². The van der Waals surface area contributed by atoms with E-state index in [-0.39, 0.29) is 69.1 Å². The van der Waals surface area contributed by atoms with Crippen molar-refractivity contribution in [3.63, 3.8) is 0 Å². The monoisotopic (exact) mass is 1050 g/mol. The van der Waals surface area contributed by atoms with E-state index in [0.717, 1.165) is 69.1 Å². The minimum absolute atomic E-state index is 0.0707. The molecular formula is C58H64Cl2N2O12. The van der Waals surface area contributed by atoms with Gasteiger partial charge in [0.15, 0.2) is 6.10 Å². The number of hydrogen-bond donors (Lipinski definition) is 0. The van der Waals surface area contributed by atoms with Crippen LogP contribution in [0, 0.1) is 5.92 Å². The lowest BCUT2D eigenvalue weighted by Crippen LogP contribution is -2.49. The van der Waals surface area contributed by atoms with Gasteiger partial charge in [0.2, 0.25) is 0 Å². The first-order valence-electron chi connectivity index (χ1n) is 25.7. The molecule has 0 aliphatic carbocycles. The van der Waals surface area contributed by atoms with Crippen LogP contribution in [0.5, 0.6) is 0 Å². The first-order valence-corrected chi connectivity index (χ1v) is 26.4. The molecule has 2 aliphatic heterocycles. The molecule has 0 bridgehead atoms. The van der Waals surface area contributed by atoms with Gasteiger partial charge >= 0.3 is 23.9 Å². The standard InChI is InChI=1S/C58H64Cl2N2O12/c1-9-11-13-15-17-34(18-16-14-12-10-2)61-53(65)39-21-19-37-50-44(60)27-42-48-40(22-20-38(52(48)50)49-43(59)26-41(55(61)67)47(39)51(37)49)54(66)62(56(42)68)35(25-31(3)4)28-71-45(63)23-24-46(64)74-36(29-72-57(69)32(5)6)30-73-58(70)33(7)8/h19-22,26-27,31,34-36H,5,7,9-18,23-25,28-30H2,1-4,6,8H3. The molecule has 0 fully saturated rings. The van der Waals surface area contributed by atoms with Crippen molar-refractivity contribution in [2.75, 3.05) is 19.8 Å². The van der Waals surface area contributed by atoms with Gasteiger partial charge in [-0.15, -0.1) is 0 Å². The summed E-state index contributed by atoms with van der Waals surface area (Å²) in [5.74, 6) is -5.24. The molecule has 2 heterocycles. The third-order valence-electron chi connectivity index (χ3n) is 13.8. The van der Waals surface area contributed by atoms with Crippen LogP contribution < -0.4 is 0 Å². The van der Waals surface area contributed by atoms with Crippen molar-refractivity contribution in [2.45, 2.75) is 143 Å². The van der Waals surface area contributed by atoms with Crippen LogP contribution in [-0.2, 0) is 38.1 Å². The highest BCUT2D eigenvalue weighted by molar-refractivity contribution is 6.50. The van der Waals surface area contributed by atoms with Crippen LogP contribution in [-0.4, -0.2) is 95.3 Å². The van der Waals surface area contributed by atoms with Crippen molar-refractivity contribution < 1.29 is 57.3 Å². The van der Waals surface area contributed by atoms with Crippen molar-refractivity contribution >= 4 is 114 Å². The van der Waals surface area contributed by atoms with E-state index in [2.05, 4.69) is 27.0 Å². The van der Waals surface area contributed by atoms with E-state index in [4.69, 9.17) is 42.1 Å². The smallest absolute Gasteiger partial charge is 0.333 e. The highest BCUT2D eigenvalue weighted by Crippen LogP contribution is 2.51. The number of benzene rings is 5. The molecule has 0 saturated heterocycles. The van der Waals surface area contributed by atoms with Gasteiger partial charge in [0, 0.05) is 70.7 Å². The van der Waals surface area contributed by atoms with E-state index in [9.17, 15) is 38.4 Å². The fraction of sp³-hybridized carbons (Fsp3) is 0.448. The van der Waals surface area contributed by atoms with E-state index >= 15 is 0 Å². The number of carbonyl (C=O) groups is 8. The van der Waals surface area contributed by atoms with Gasteiger partial charge in [-0.2, -0.15) is 0 Å². The van der Waals surface area contributed by atoms with Gasteiger partial charge in [0.05, 0.1) is 30.0 Å². The number of amides is 4. The van der Waals surface area contributed by atoms with Crippen LogP contribution in [0.4, 0.5) is 0 Å². The molecule has 4 amide bonds. The third-order valence-corrected chi connectivity index (χ3v) is 14.4. The van der Waals surface area contributed by atoms with Crippen LogP contribution in [0.1, 0.15) is 166 Å². The van der Waals surface area contributed by atoms with Crippen molar-refractivity contribution in [3.8, 4) is 0 Å². The zero-order valence-corrected chi connectivity index (χ0v) is 44.6. The second-order valence-electron chi connectivity index (χ2n) is 20.0. The predicted octanol–water partition coefficient (Wildman–Crippen LogP) is 12.4. The van der Waals surface area contributed by atoms with E-state index in [0.29, 0.717) is 54.2 Å². The molecule has 0 aromatic heterocycles. The van der Waals surface area contributed by atoms with Gasteiger partial charge in [-0.1, -0.05) is 128 Å². The summed E-state index contributed by atoms with van der Waals surface area (Å²) in [5, 5.41) is 4.76. The molecule has 2 aliphatic rings. The summed E-state index contributed by atoms with van der Waals surface area (Å²) < 4.78 is 21.2. The molecule has 0 radical (unpaired) electrons. The molecule has 7 rings (SSSR count). The van der Waals surface area contributed by atoms with Crippen LogP contribution >= 0.6 is 23.2 Å². The van der Waals surface area contributed by atoms with Gasteiger partial charge in [-0.25, -0.2) is 9.59 Å². The number of esters is 4. The van der Waals surface area contributed by atoms with Crippen LogP contribution in [0.25, 0.3) is 43.1 Å². The molecule has 14 nitrogen and oxygen atoms in total. The summed E-state index contributed by atoms with van der Waals surface area (Å²) >= 11 is 14.5. The quantitative estimate of drug-likeness (QED) is 0.00974. The molecule has 16 heteroatoms. The number of fused-ring (bicyclic) bond motifs is 2. The average molecular weight is 1050 g/mol. The minimum Gasteiger partial charge on any atom is -0.463 e. The number of unbranched alkanes of at least 4 members (excludes halogenated alkanes) is 6. The molecule has 392 valence electrons. The molecule has 0 N–H and O–H groups in total. The van der Waals surface area contributed by atoms with E-state index in [1.807, 2.05) is 19.9 Å². The van der Waals surface area contributed by atoms with Crippen LogP contribution in [0.2, 0.25) is 10.0 Å².